The minimum Gasteiger partial charge on any atom is -0.462 e. The van der Waals surface area contributed by atoms with Crippen molar-refractivity contribution in [2.75, 3.05) is 17.7 Å². The van der Waals surface area contributed by atoms with Crippen molar-refractivity contribution in [3.8, 4) is 11.4 Å². The summed E-state index contributed by atoms with van der Waals surface area (Å²) in [5.41, 5.74) is 1.45. The van der Waals surface area contributed by atoms with Crippen LogP contribution in [0, 0.1) is 6.92 Å². The molecule has 0 atom stereocenters. The number of hydrogen-bond donors (Lipinski definition) is 1. The third-order valence-corrected chi connectivity index (χ3v) is 7.37. The normalized spacial score (nSPS) is 11.0. The summed E-state index contributed by atoms with van der Waals surface area (Å²) < 4.78 is 7.15. The zero-order chi connectivity index (χ0) is 22.4. The van der Waals surface area contributed by atoms with E-state index in [1.807, 2.05) is 6.92 Å². The largest absolute Gasteiger partial charge is 0.462 e. The molecule has 0 aliphatic carbocycles. The maximum absolute atomic E-state index is 12.6. The average Bonchev–Trinajstić information content (AvgIpc) is 3.45. The van der Waals surface area contributed by atoms with Crippen LogP contribution in [0.5, 0.6) is 0 Å². The summed E-state index contributed by atoms with van der Waals surface area (Å²) in [7, 11) is 0. The Balaban J connectivity index is 1.70. The van der Waals surface area contributed by atoms with Crippen molar-refractivity contribution in [2.24, 2.45) is 0 Å². The highest BCUT2D eigenvalue weighted by molar-refractivity contribution is 7.99. The summed E-state index contributed by atoms with van der Waals surface area (Å²) in [6, 6.07) is 3.89. The van der Waals surface area contributed by atoms with E-state index in [9.17, 15) is 9.59 Å². The van der Waals surface area contributed by atoms with E-state index in [1.165, 1.54) is 28.0 Å². The number of nitrogens with zero attached hydrogens (tertiary/aromatic N) is 3. The van der Waals surface area contributed by atoms with E-state index >= 15 is 0 Å². The molecule has 0 saturated heterocycles. The van der Waals surface area contributed by atoms with Gasteiger partial charge in [-0.05, 0) is 38.8 Å². The fourth-order valence-electron chi connectivity index (χ4n) is 2.98. The van der Waals surface area contributed by atoms with Crippen molar-refractivity contribution in [2.45, 2.75) is 52.2 Å². The number of amides is 1. The number of thiophene rings is 2. The van der Waals surface area contributed by atoms with Gasteiger partial charge in [-0.25, -0.2) is 4.79 Å². The lowest BCUT2D eigenvalue weighted by Gasteiger charge is -2.08. The van der Waals surface area contributed by atoms with Gasteiger partial charge in [-0.3, -0.25) is 4.79 Å². The molecule has 3 rings (SSSR count). The Labute approximate surface area is 194 Å². The van der Waals surface area contributed by atoms with Crippen molar-refractivity contribution >= 4 is 51.3 Å². The summed E-state index contributed by atoms with van der Waals surface area (Å²) in [5, 5.41) is 14.9. The molecule has 0 aliphatic heterocycles. The Hall–Kier alpha value is -2.17. The molecule has 0 fully saturated rings. The molecular weight excluding hydrogens is 452 g/mol. The molecule has 10 heteroatoms. The number of rotatable bonds is 10. The van der Waals surface area contributed by atoms with Crippen LogP contribution < -0.4 is 5.32 Å². The van der Waals surface area contributed by atoms with Crippen LogP contribution in [0.4, 0.5) is 5.00 Å². The van der Waals surface area contributed by atoms with Gasteiger partial charge in [-0.1, -0.05) is 25.6 Å². The van der Waals surface area contributed by atoms with Crippen molar-refractivity contribution in [3.05, 3.63) is 32.8 Å². The highest BCUT2D eigenvalue weighted by Gasteiger charge is 2.20. The SMILES string of the molecule is CCCn1c(SCC(=O)Nc2sc(C)cc2C(=O)OCC)nnc1-c1csc(CC)c1. The van der Waals surface area contributed by atoms with Gasteiger partial charge >= 0.3 is 5.97 Å². The van der Waals surface area contributed by atoms with E-state index in [0.717, 1.165) is 35.7 Å². The van der Waals surface area contributed by atoms with Gasteiger partial charge in [-0.2, -0.15) is 0 Å². The molecule has 0 radical (unpaired) electrons. The molecule has 1 N–H and O–H groups in total. The lowest BCUT2D eigenvalue weighted by atomic mass is 10.2. The second-order valence-corrected chi connectivity index (χ2v) is 9.96. The van der Waals surface area contributed by atoms with Crippen molar-refractivity contribution < 1.29 is 14.3 Å². The Bertz CT molecular complexity index is 1050. The molecular formula is C21H26N4O3S3. The van der Waals surface area contributed by atoms with E-state index in [0.29, 0.717) is 15.7 Å². The van der Waals surface area contributed by atoms with Crippen LogP contribution in [0.1, 0.15) is 47.3 Å². The first-order valence-electron chi connectivity index (χ1n) is 10.2. The third-order valence-electron chi connectivity index (χ3n) is 4.36. The van der Waals surface area contributed by atoms with Crippen LogP contribution in [-0.2, 0) is 22.5 Å². The number of carbonyl (C=O) groups excluding carboxylic acids is 2. The molecule has 0 aromatic carbocycles. The molecule has 0 unspecified atom stereocenters. The van der Waals surface area contributed by atoms with Gasteiger partial charge in [0, 0.05) is 27.2 Å². The van der Waals surface area contributed by atoms with E-state index in [1.54, 1.807) is 24.3 Å². The monoisotopic (exact) mass is 478 g/mol. The second-order valence-electron chi connectivity index (χ2n) is 6.77. The van der Waals surface area contributed by atoms with E-state index in [-0.39, 0.29) is 18.3 Å². The van der Waals surface area contributed by atoms with Gasteiger partial charge in [-0.15, -0.1) is 32.9 Å². The van der Waals surface area contributed by atoms with Gasteiger partial charge < -0.3 is 14.6 Å². The van der Waals surface area contributed by atoms with Gasteiger partial charge in [0.15, 0.2) is 11.0 Å². The van der Waals surface area contributed by atoms with Crippen LogP contribution in [-0.4, -0.2) is 39.0 Å². The van der Waals surface area contributed by atoms with Gasteiger partial charge in [0.2, 0.25) is 5.91 Å². The quantitative estimate of drug-likeness (QED) is 0.316. The van der Waals surface area contributed by atoms with Gasteiger partial charge in [0.1, 0.15) is 5.00 Å². The number of carbonyl (C=O) groups is 2. The van der Waals surface area contributed by atoms with E-state index in [4.69, 9.17) is 4.74 Å². The summed E-state index contributed by atoms with van der Waals surface area (Å²) in [6.45, 7) is 8.95. The van der Waals surface area contributed by atoms with E-state index in [2.05, 4.69) is 45.4 Å². The Morgan fingerprint density at radius 1 is 1.23 bits per heavy atom. The highest BCUT2D eigenvalue weighted by Crippen LogP contribution is 2.30. The number of esters is 1. The predicted octanol–water partition coefficient (Wildman–Crippen LogP) is 5.26. The number of ether oxygens (including phenoxy) is 1. The Morgan fingerprint density at radius 3 is 2.71 bits per heavy atom. The molecule has 0 spiro atoms. The van der Waals surface area contributed by atoms with Crippen molar-refractivity contribution in [3.63, 3.8) is 0 Å². The minimum absolute atomic E-state index is 0.172. The number of hydrogen-bond acceptors (Lipinski definition) is 8. The number of nitrogens with one attached hydrogen (secondary N) is 1. The fraction of sp³-hybridized carbons (Fsp3) is 0.429. The highest BCUT2D eigenvalue weighted by atomic mass is 32.2. The average molecular weight is 479 g/mol. The first kappa shape index (κ1) is 23.5. The molecule has 7 nitrogen and oxygen atoms in total. The Kier molecular flexibility index (Phi) is 8.28. The second kappa shape index (κ2) is 10.9. The third kappa shape index (κ3) is 5.75. The summed E-state index contributed by atoms with van der Waals surface area (Å²) in [5.74, 6) is 0.377. The van der Waals surface area contributed by atoms with Crippen molar-refractivity contribution in [1.82, 2.24) is 14.8 Å². The van der Waals surface area contributed by atoms with Crippen LogP contribution in [0.15, 0.2) is 22.7 Å². The zero-order valence-electron chi connectivity index (χ0n) is 18.1. The van der Waals surface area contributed by atoms with Crippen LogP contribution >= 0.6 is 34.4 Å². The predicted molar refractivity (Wildman–Crippen MR) is 127 cm³/mol. The minimum atomic E-state index is -0.427. The van der Waals surface area contributed by atoms with Crippen LogP contribution in [0.2, 0.25) is 0 Å². The molecule has 31 heavy (non-hydrogen) atoms. The standard InChI is InChI=1S/C21H26N4O3S3/c1-5-8-25-18(14-10-15(6-2)29-11-14)23-24-21(25)30-12-17(26)22-19-16(9-13(4)31-19)20(27)28-7-3/h9-11H,5-8,12H2,1-4H3,(H,22,26). The van der Waals surface area contributed by atoms with E-state index < -0.39 is 5.97 Å². The molecule has 1 amide bonds. The molecule has 3 aromatic heterocycles. The molecule has 0 bridgehead atoms. The number of aromatic nitrogens is 3. The lowest BCUT2D eigenvalue weighted by molar-refractivity contribution is -0.113. The molecule has 3 aromatic rings. The number of anilines is 1. The number of aryl methyl sites for hydroxylation is 2. The first-order chi connectivity index (χ1) is 15.0. The smallest absolute Gasteiger partial charge is 0.341 e. The van der Waals surface area contributed by atoms with Gasteiger partial charge in [0.25, 0.3) is 0 Å². The maximum atomic E-state index is 12.6. The Morgan fingerprint density at radius 2 is 2.03 bits per heavy atom. The molecule has 0 aliphatic rings. The lowest BCUT2D eigenvalue weighted by Crippen LogP contribution is -2.16. The van der Waals surface area contributed by atoms with Crippen LogP contribution in [0.3, 0.4) is 0 Å². The summed E-state index contributed by atoms with van der Waals surface area (Å²) >= 11 is 4.42. The maximum Gasteiger partial charge on any atom is 0.341 e. The van der Waals surface area contributed by atoms with Crippen LogP contribution in [0.25, 0.3) is 11.4 Å². The van der Waals surface area contributed by atoms with Crippen molar-refractivity contribution in [1.29, 1.82) is 0 Å². The van der Waals surface area contributed by atoms with Gasteiger partial charge in [0.05, 0.1) is 17.9 Å². The number of thioether (sulfide) groups is 1. The summed E-state index contributed by atoms with van der Waals surface area (Å²) in [6.07, 6.45) is 1.93. The summed E-state index contributed by atoms with van der Waals surface area (Å²) in [4.78, 5) is 26.9. The molecule has 166 valence electrons. The zero-order valence-corrected chi connectivity index (χ0v) is 20.5. The first-order valence-corrected chi connectivity index (χ1v) is 12.9. The fourth-order valence-corrected chi connectivity index (χ4v) is 5.47. The topological polar surface area (TPSA) is 86.1 Å². The molecule has 0 saturated carbocycles. The molecule has 3 heterocycles.